The lowest BCUT2D eigenvalue weighted by Gasteiger charge is -2.07. The van der Waals surface area contributed by atoms with Gasteiger partial charge in [0, 0.05) is 5.88 Å². The normalized spacial score (nSPS) is 11.6. The second-order valence-electron chi connectivity index (χ2n) is 4.61. The molecule has 3 rings (SSSR count). The summed E-state index contributed by atoms with van der Waals surface area (Å²) in [5.74, 6) is 0.669. The Hall–Kier alpha value is -1.79. The Bertz CT molecular complexity index is 741. The van der Waals surface area contributed by atoms with Crippen LogP contribution < -0.4 is 0 Å². The number of benzene rings is 3. The summed E-state index contributed by atoms with van der Waals surface area (Å²) in [6.07, 6.45) is 5.23. The molecule has 0 heterocycles. The monoisotopic (exact) mass is 266 g/mol. The van der Waals surface area contributed by atoms with Crippen LogP contribution >= 0.6 is 11.6 Å². The fraction of sp³-hybridized carbons (Fsp3) is 0.111. The van der Waals surface area contributed by atoms with E-state index in [0.717, 1.165) is 6.42 Å². The molecule has 0 fully saturated rings. The van der Waals surface area contributed by atoms with E-state index in [9.17, 15) is 0 Å². The van der Waals surface area contributed by atoms with Gasteiger partial charge in [-0.1, -0.05) is 60.7 Å². The molecule has 0 saturated heterocycles. The zero-order chi connectivity index (χ0) is 13.1. The summed E-state index contributed by atoms with van der Waals surface area (Å²) in [5, 5.41) is 5.21. The molecule has 0 bridgehead atoms. The third kappa shape index (κ3) is 2.36. The maximum absolute atomic E-state index is 5.73. The highest BCUT2D eigenvalue weighted by atomic mass is 35.5. The molecule has 0 radical (unpaired) electrons. The lowest BCUT2D eigenvalue weighted by molar-refractivity contribution is 1.24. The Balaban J connectivity index is 2.29. The van der Waals surface area contributed by atoms with Crippen LogP contribution in [0.1, 0.15) is 12.0 Å². The fourth-order valence-corrected chi connectivity index (χ4v) is 2.62. The van der Waals surface area contributed by atoms with Gasteiger partial charge in [0.1, 0.15) is 0 Å². The van der Waals surface area contributed by atoms with E-state index >= 15 is 0 Å². The van der Waals surface area contributed by atoms with Gasteiger partial charge in [-0.2, -0.15) is 0 Å². The highest BCUT2D eigenvalue weighted by Crippen LogP contribution is 2.29. The lowest BCUT2D eigenvalue weighted by atomic mass is 9.97. The molecule has 3 aromatic carbocycles. The number of hydrogen-bond acceptors (Lipinski definition) is 0. The van der Waals surface area contributed by atoms with Crippen molar-refractivity contribution in [3.05, 3.63) is 66.2 Å². The molecule has 0 aromatic heterocycles. The lowest BCUT2D eigenvalue weighted by Crippen LogP contribution is -1.82. The van der Waals surface area contributed by atoms with Crippen LogP contribution in [0, 0.1) is 0 Å². The highest BCUT2D eigenvalue weighted by Gasteiger charge is 2.03. The van der Waals surface area contributed by atoms with Gasteiger partial charge in [-0.15, -0.1) is 11.6 Å². The molecule has 0 aliphatic rings. The first-order valence-electron chi connectivity index (χ1n) is 6.53. The second-order valence-corrected chi connectivity index (χ2v) is 4.99. The van der Waals surface area contributed by atoms with Crippen LogP contribution in [0.2, 0.25) is 0 Å². The number of allylic oxidation sites excluding steroid dienone is 1. The van der Waals surface area contributed by atoms with Crippen LogP contribution in [0.3, 0.4) is 0 Å². The van der Waals surface area contributed by atoms with E-state index in [-0.39, 0.29) is 0 Å². The summed E-state index contributed by atoms with van der Waals surface area (Å²) in [6.45, 7) is 0. The van der Waals surface area contributed by atoms with Crippen molar-refractivity contribution >= 4 is 39.2 Å². The number of fused-ring (bicyclic) bond motifs is 3. The molecule has 1 heteroatoms. The minimum atomic E-state index is 0.669. The molecular weight excluding hydrogens is 252 g/mol. The Morgan fingerprint density at radius 1 is 0.842 bits per heavy atom. The zero-order valence-corrected chi connectivity index (χ0v) is 11.4. The zero-order valence-electron chi connectivity index (χ0n) is 10.6. The Labute approximate surface area is 118 Å². The molecule has 94 valence electrons. The van der Waals surface area contributed by atoms with E-state index < -0.39 is 0 Å². The Kier molecular flexibility index (Phi) is 3.52. The van der Waals surface area contributed by atoms with Gasteiger partial charge in [-0.3, -0.25) is 0 Å². The SMILES string of the molecule is ClCCC=Cc1cc2ccccc2c2ccccc12. The van der Waals surface area contributed by atoms with Crippen LogP contribution in [0.5, 0.6) is 0 Å². The first-order valence-corrected chi connectivity index (χ1v) is 7.06. The highest BCUT2D eigenvalue weighted by molar-refractivity contribution is 6.18. The maximum Gasteiger partial charge on any atom is 0.0258 e. The first-order chi connectivity index (χ1) is 9.40. The molecule has 0 N–H and O–H groups in total. The molecule has 0 saturated carbocycles. The summed E-state index contributed by atoms with van der Waals surface area (Å²) in [7, 11) is 0. The van der Waals surface area contributed by atoms with E-state index in [1.165, 1.54) is 27.1 Å². The van der Waals surface area contributed by atoms with Crippen LogP contribution in [0.25, 0.3) is 27.6 Å². The summed E-state index contributed by atoms with van der Waals surface area (Å²) in [5.41, 5.74) is 1.26. The third-order valence-electron chi connectivity index (χ3n) is 3.37. The Morgan fingerprint density at radius 2 is 1.53 bits per heavy atom. The van der Waals surface area contributed by atoms with E-state index in [1.807, 2.05) is 0 Å². The topological polar surface area (TPSA) is 0 Å². The van der Waals surface area contributed by atoms with Crippen molar-refractivity contribution in [3.8, 4) is 0 Å². The molecule has 0 unspecified atom stereocenters. The molecule has 3 aromatic rings. The average molecular weight is 267 g/mol. The van der Waals surface area contributed by atoms with Crippen LogP contribution in [-0.4, -0.2) is 5.88 Å². The van der Waals surface area contributed by atoms with Crippen LogP contribution in [-0.2, 0) is 0 Å². The summed E-state index contributed by atoms with van der Waals surface area (Å²) in [6, 6.07) is 19.4. The number of alkyl halides is 1. The molecule has 0 aliphatic carbocycles. The second kappa shape index (κ2) is 5.46. The minimum absolute atomic E-state index is 0.669. The molecule has 0 atom stereocenters. The number of rotatable bonds is 3. The van der Waals surface area contributed by atoms with Crippen molar-refractivity contribution < 1.29 is 0 Å². The number of hydrogen-bond donors (Lipinski definition) is 0. The fourth-order valence-electron chi connectivity index (χ4n) is 2.49. The molecule has 0 amide bonds. The molecular formula is C18H15Cl. The molecule has 19 heavy (non-hydrogen) atoms. The van der Waals surface area contributed by atoms with Crippen molar-refractivity contribution in [3.63, 3.8) is 0 Å². The van der Waals surface area contributed by atoms with Gasteiger partial charge in [-0.25, -0.2) is 0 Å². The third-order valence-corrected chi connectivity index (χ3v) is 3.59. The quantitative estimate of drug-likeness (QED) is 0.425. The van der Waals surface area contributed by atoms with Crippen molar-refractivity contribution in [1.29, 1.82) is 0 Å². The van der Waals surface area contributed by atoms with E-state index in [0.29, 0.717) is 5.88 Å². The predicted octanol–water partition coefficient (Wildman–Crippen LogP) is 5.64. The van der Waals surface area contributed by atoms with Crippen molar-refractivity contribution in [2.45, 2.75) is 6.42 Å². The van der Waals surface area contributed by atoms with Crippen molar-refractivity contribution in [1.82, 2.24) is 0 Å². The van der Waals surface area contributed by atoms with Gasteiger partial charge in [0.15, 0.2) is 0 Å². The van der Waals surface area contributed by atoms with E-state index in [2.05, 4.69) is 66.7 Å². The van der Waals surface area contributed by atoms with Crippen molar-refractivity contribution in [2.24, 2.45) is 0 Å². The first kappa shape index (κ1) is 12.3. The summed E-state index contributed by atoms with van der Waals surface area (Å²) in [4.78, 5) is 0. The molecule has 0 spiro atoms. The van der Waals surface area contributed by atoms with Gasteiger partial charge in [0.25, 0.3) is 0 Å². The van der Waals surface area contributed by atoms with Crippen LogP contribution in [0.4, 0.5) is 0 Å². The summed E-state index contributed by atoms with van der Waals surface area (Å²) >= 11 is 5.73. The van der Waals surface area contributed by atoms with Gasteiger partial charge >= 0.3 is 0 Å². The van der Waals surface area contributed by atoms with E-state index in [4.69, 9.17) is 11.6 Å². The summed E-state index contributed by atoms with van der Waals surface area (Å²) < 4.78 is 0. The van der Waals surface area contributed by atoms with Crippen LogP contribution in [0.15, 0.2) is 60.7 Å². The van der Waals surface area contributed by atoms with E-state index in [1.54, 1.807) is 0 Å². The minimum Gasteiger partial charge on any atom is -0.126 e. The molecule has 0 nitrogen and oxygen atoms in total. The van der Waals surface area contributed by atoms with Gasteiger partial charge in [0.05, 0.1) is 0 Å². The smallest absolute Gasteiger partial charge is 0.0258 e. The largest absolute Gasteiger partial charge is 0.126 e. The van der Waals surface area contributed by atoms with Crippen molar-refractivity contribution in [2.75, 3.05) is 5.88 Å². The van der Waals surface area contributed by atoms with Gasteiger partial charge < -0.3 is 0 Å². The van der Waals surface area contributed by atoms with Gasteiger partial charge in [-0.05, 0) is 39.6 Å². The van der Waals surface area contributed by atoms with Gasteiger partial charge in [0.2, 0.25) is 0 Å². The Morgan fingerprint density at radius 3 is 2.32 bits per heavy atom. The standard InChI is InChI=1S/C18H15Cl/c19-12-6-5-8-15-13-14-7-1-2-9-16(14)18-11-4-3-10-17(15)18/h1-5,7-11,13H,6,12H2. The molecule has 0 aliphatic heterocycles. The average Bonchev–Trinajstić information content (AvgIpc) is 2.47. The predicted molar refractivity (Wildman–Crippen MR) is 85.8 cm³/mol. The number of halogens is 1. The maximum atomic E-state index is 5.73.